The topological polar surface area (TPSA) is 87.0 Å². The molecular formula is C26H27F2N5O3S. The maximum absolute atomic E-state index is 13.5. The van der Waals surface area contributed by atoms with Gasteiger partial charge in [-0.2, -0.15) is 5.10 Å². The van der Waals surface area contributed by atoms with Crippen LogP contribution in [0.25, 0.3) is 22.4 Å². The Morgan fingerprint density at radius 3 is 2.78 bits per heavy atom. The third kappa shape index (κ3) is 5.41. The van der Waals surface area contributed by atoms with Gasteiger partial charge in [-0.25, -0.2) is 28.4 Å². The number of alkyl halides is 2. The summed E-state index contributed by atoms with van der Waals surface area (Å²) >= 11 is 1.50. The van der Waals surface area contributed by atoms with E-state index in [9.17, 15) is 8.78 Å². The Balaban J connectivity index is 1.37. The highest BCUT2D eigenvalue weighted by molar-refractivity contribution is 7.09. The lowest BCUT2D eigenvalue weighted by Gasteiger charge is -2.26. The summed E-state index contributed by atoms with van der Waals surface area (Å²) in [4.78, 5) is 13.0. The van der Waals surface area contributed by atoms with Gasteiger partial charge in [-0.15, -0.1) is 11.3 Å². The maximum Gasteiger partial charge on any atom is 0.248 e. The molecule has 11 heteroatoms. The van der Waals surface area contributed by atoms with Crippen LogP contribution < -0.4 is 9.47 Å². The second kappa shape index (κ2) is 10.0. The van der Waals surface area contributed by atoms with Crippen LogP contribution in [0.3, 0.4) is 0 Å². The van der Waals surface area contributed by atoms with Crippen LogP contribution >= 0.6 is 11.3 Å². The Labute approximate surface area is 216 Å². The van der Waals surface area contributed by atoms with E-state index in [1.54, 1.807) is 37.0 Å². The van der Waals surface area contributed by atoms with Gasteiger partial charge >= 0.3 is 0 Å². The van der Waals surface area contributed by atoms with Gasteiger partial charge in [-0.3, -0.25) is 0 Å². The Morgan fingerprint density at radius 1 is 1.27 bits per heavy atom. The highest BCUT2D eigenvalue weighted by Crippen LogP contribution is 2.42. The lowest BCUT2D eigenvalue weighted by atomic mass is 9.87. The number of aliphatic imine (C=N–C) groups is 1. The molecule has 0 amide bonds. The summed E-state index contributed by atoms with van der Waals surface area (Å²) in [5.41, 5.74) is 1.96. The van der Waals surface area contributed by atoms with Crippen molar-refractivity contribution in [3.63, 3.8) is 0 Å². The van der Waals surface area contributed by atoms with E-state index in [2.05, 4.69) is 26.8 Å². The third-order valence-electron chi connectivity index (χ3n) is 6.41. The molecule has 0 spiro atoms. The molecule has 37 heavy (non-hydrogen) atoms. The summed E-state index contributed by atoms with van der Waals surface area (Å²) < 4.78 is 46.3. The SMILES string of the molecule is C=N/C(C)=N\n1cc(-c2cc3c(OCc4csc(C5CCC(F)(F)CC5)n4)cc(OC)cc3o2)nc1C. The van der Waals surface area contributed by atoms with E-state index < -0.39 is 5.92 Å². The number of fused-ring (bicyclic) bond motifs is 1. The van der Waals surface area contributed by atoms with Gasteiger partial charge in [0.25, 0.3) is 0 Å². The molecule has 0 aliphatic heterocycles. The first kappa shape index (κ1) is 25.1. The number of amidine groups is 1. The molecule has 1 aromatic carbocycles. The highest BCUT2D eigenvalue weighted by atomic mass is 32.1. The van der Waals surface area contributed by atoms with Gasteiger partial charge in [0.1, 0.15) is 41.0 Å². The van der Waals surface area contributed by atoms with Gasteiger partial charge in [0.15, 0.2) is 5.76 Å². The summed E-state index contributed by atoms with van der Waals surface area (Å²) in [7, 11) is 1.58. The molecule has 1 aliphatic carbocycles. The fourth-order valence-electron chi connectivity index (χ4n) is 4.33. The molecule has 3 heterocycles. The molecule has 0 radical (unpaired) electrons. The molecule has 1 fully saturated rings. The van der Waals surface area contributed by atoms with Crippen molar-refractivity contribution in [3.8, 4) is 23.0 Å². The number of rotatable bonds is 7. The molecule has 1 saturated carbocycles. The largest absolute Gasteiger partial charge is 0.496 e. The zero-order valence-electron chi connectivity index (χ0n) is 20.8. The number of ether oxygens (including phenoxy) is 2. The molecule has 194 valence electrons. The molecule has 0 bridgehead atoms. The van der Waals surface area contributed by atoms with Crippen LogP contribution in [0, 0.1) is 6.92 Å². The predicted octanol–water partition coefficient (Wildman–Crippen LogP) is 6.82. The van der Waals surface area contributed by atoms with Crippen molar-refractivity contribution in [1.29, 1.82) is 0 Å². The molecule has 5 rings (SSSR count). The van der Waals surface area contributed by atoms with E-state index in [1.165, 1.54) is 11.3 Å². The second-order valence-corrected chi connectivity index (χ2v) is 9.96. The van der Waals surface area contributed by atoms with E-state index >= 15 is 0 Å². The number of imidazole rings is 1. The zero-order chi connectivity index (χ0) is 26.2. The Morgan fingerprint density at radius 2 is 2.05 bits per heavy atom. The monoisotopic (exact) mass is 527 g/mol. The summed E-state index contributed by atoms with van der Waals surface area (Å²) in [6, 6.07) is 5.46. The van der Waals surface area contributed by atoms with Crippen LogP contribution in [0.5, 0.6) is 11.5 Å². The van der Waals surface area contributed by atoms with E-state index in [0.29, 0.717) is 53.0 Å². The van der Waals surface area contributed by atoms with E-state index in [4.69, 9.17) is 13.9 Å². The molecule has 3 aromatic heterocycles. The van der Waals surface area contributed by atoms with Gasteiger partial charge in [-0.05, 0) is 39.5 Å². The fourth-order valence-corrected chi connectivity index (χ4v) is 5.31. The van der Waals surface area contributed by atoms with Crippen LogP contribution in [0.2, 0.25) is 0 Å². The lowest BCUT2D eigenvalue weighted by Crippen LogP contribution is -2.23. The van der Waals surface area contributed by atoms with E-state index in [0.717, 1.165) is 16.1 Å². The average Bonchev–Trinajstić information content (AvgIpc) is 3.61. The van der Waals surface area contributed by atoms with Crippen molar-refractivity contribution < 1.29 is 22.7 Å². The van der Waals surface area contributed by atoms with Crippen molar-refractivity contribution in [3.05, 3.63) is 46.3 Å². The number of benzene rings is 1. The van der Waals surface area contributed by atoms with Crippen molar-refractivity contribution in [2.24, 2.45) is 10.1 Å². The van der Waals surface area contributed by atoms with E-state index in [1.807, 2.05) is 18.4 Å². The zero-order valence-corrected chi connectivity index (χ0v) is 21.6. The molecular weight excluding hydrogens is 500 g/mol. The minimum atomic E-state index is -2.55. The van der Waals surface area contributed by atoms with Crippen molar-refractivity contribution in [2.45, 2.75) is 58.0 Å². The van der Waals surface area contributed by atoms with Crippen molar-refractivity contribution >= 4 is 34.9 Å². The lowest BCUT2D eigenvalue weighted by molar-refractivity contribution is -0.0382. The molecule has 8 nitrogen and oxygen atoms in total. The van der Waals surface area contributed by atoms with Gasteiger partial charge in [-0.1, -0.05) is 0 Å². The number of halogens is 2. The average molecular weight is 528 g/mol. The van der Waals surface area contributed by atoms with Crippen LogP contribution in [0.1, 0.15) is 55.1 Å². The Kier molecular flexibility index (Phi) is 6.80. The van der Waals surface area contributed by atoms with Crippen molar-refractivity contribution in [2.75, 3.05) is 7.11 Å². The Bertz CT molecular complexity index is 1460. The number of hydrogen-bond acceptors (Lipinski definition) is 7. The standard InChI is InChI=1S/C26H27F2N5O3S/c1-15(29-3)32-33-12-21(30-16(33)2)24-11-20-22(9-19(34-4)10-23(20)36-24)35-13-18-14-37-25(31-18)17-5-7-26(27,28)8-6-17/h9-12,14,17H,3,5-8,13H2,1-2,4H3/b32-15-. The molecule has 0 atom stereocenters. The first-order chi connectivity index (χ1) is 17.7. The number of thiazole rings is 1. The minimum Gasteiger partial charge on any atom is -0.496 e. The number of aromatic nitrogens is 3. The number of aryl methyl sites for hydroxylation is 1. The Hall–Kier alpha value is -3.60. The third-order valence-corrected chi connectivity index (χ3v) is 7.47. The number of nitrogens with zero attached hydrogens (tertiary/aromatic N) is 5. The normalized spacial score (nSPS) is 16.3. The summed E-state index contributed by atoms with van der Waals surface area (Å²) in [5, 5.41) is 7.93. The maximum atomic E-state index is 13.5. The quantitative estimate of drug-likeness (QED) is 0.194. The summed E-state index contributed by atoms with van der Waals surface area (Å²) in [6.45, 7) is 7.31. The fraction of sp³-hybridized carbons (Fsp3) is 0.385. The first-order valence-corrected chi connectivity index (χ1v) is 12.8. The second-order valence-electron chi connectivity index (χ2n) is 9.07. The number of methoxy groups -OCH3 is 1. The van der Waals surface area contributed by atoms with Gasteiger partial charge in [0.05, 0.1) is 29.4 Å². The summed E-state index contributed by atoms with van der Waals surface area (Å²) in [5.74, 6) is 0.447. The highest BCUT2D eigenvalue weighted by Gasteiger charge is 2.36. The van der Waals surface area contributed by atoms with Crippen molar-refractivity contribution in [1.82, 2.24) is 14.6 Å². The van der Waals surface area contributed by atoms with Crippen LogP contribution in [-0.2, 0) is 6.61 Å². The molecule has 4 aromatic rings. The molecule has 0 unspecified atom stereocenters. The van der Waals surface area contributed by atoms with Gasteiger partial charge in [0.2, 0.25) is 5.92 Å². The van der Waals surface area contributed by atoms with Crippen LogP contribution in [0.4, 0.5) is 8.78 Å². The molecule has 0 saturated heterocycles. The number of hydrogen-bond donors (Lipinski definition) is 0. The smallest absolute Gasteiger partial charge is 0.248 e. The molecule has 1 aliphatic rings. The van der Waals surface area contributed by atoms with Crippen LogP contribution in [-0.4, -0.2) is 40.2 Å². The summed E-state index contributed by atoms with van der Waals surface area (Å²) in [6.07, 6.45) is 2.52. The van der Waals surface area contributed by atoms with E-state index in [-0.39, 0.29) is 25.4 Å². The van der Waals surface area contributed by atoms with Crippen LogP contribution in [0.15, 0.2) is 44.3 Å². The minimum absolute atomic E-state index is 0.0805. The van der Waals surface area contributed by atoms with Gasteiger partial charge < -0.3 is 13.9 Å². The molecule has 0 N–H and O–H groups in total. The number of furan rings is 1. The first-order valence-electron chi connectivity index (χ1n) is 11.9. The van der Waals surface area contributed by atoms with Gasteiger partial charge in [0, 0.05) is 36.3 Å². The predicted molar refractivity (Wildman–Crippen MR) is 139 cm³/mol.